The minimum atomic E-state index is -0.0425. The van der Waals surface area contributed by atoms with E-state index in [0.717, 1.165) is 12.3 Å². The second kappa shape index (κ2) is 3.97. The predicted octanol–water partition coefficient (Wildman–Crippen LogP) is 1.63. The molecule has 76 valence electrons. The van der Waals surface area contributed by atoms with Crippen molar-refractivity contribution >= 4 is 0 Å². The Kier molecular flexibility index (Phi) is 2.89. The standard InChI is InChI=1S/C11H21NO/c1-9-6-7-12(8-9)10-4-2-3-5-11(10)13/h9-11,13H,2-8H2,1H3/t9?,10-,11-/m1/s1. The third-order valence-corrected chi connectivity index (χ3v) is 3.62. The number of likely N-dealkylation sites (tertiary alicyclic amines) is 1. The number of hydrogen-bond acceptors (Lipinski definition) is 2. The summed E-state index contributed by atoms with van der Waals surface area (Å²) >= 11 is 0. The summed E-state index contributed by atoms with van der Waals surface area (Å²) in [5.74, 6) is 0.842. The van der Waals surface area contributed by atoms with Crippen molar-refractivity contribution in [3.05, 3.63) is 0 Å². The van der Waals surface area contributed by atoms with Crippen LogP contribution in [0.25, 0.3) is 0 Å². The van der Waals surface area contributed by atoms with Gasteiger partial charge >= 0.3 is 0 Å². The van der Waals surface area contributed by atoms with Crippen LogP contribution in [0.4, 0.5) is 0 Å². The van der Waals surface area contributed by atoms with Gasteiger partial charge in [0.2, 0.25) is 0 Å². The number of aliphatic hydroxyl groups excluding tert-OH is 1. The van der Waals surface area contributed by atoms with E-state index in [-0.39, 0.29) is 6.10 Å². The molecule has 0 aromatic rings. The second-order valence-corrected chi connectivity index (χ2v) is 4.81. The van der Waals surface area contributed by atoms with Gasteiger partial charge in [-0.2, -0.15) is 0 Å². The molecular formula is C11H21NO. The van der Waals surface area contributed by atoms with E-state index >= 15 is 0 Å². The molecule has 1 aliphatic carbocycles. The molecule has 2 fully saturated rings. The Bertz CT molecular complexity index is 171. The van der Waals surface area contributed by atoms with Crippen molar-refractivity contribution in [3.8, 4) is 0 Å². The number of nitrogens with zero attached hydrogens (tertiary/aromatic N) is 1. The SMILES string of the molecule is CC1CCN([C@@H]2CCCC[C@H]2O)C1. The zero-order valence-electron chi connectivity index (χ0n) is 8.58. The van der Waals surface area contributed by atoms with Crippen LogP contribution < -0.4 is 0 Å². The molecule has 1 N–H and O–H groups in total. The van der Waals surface area contributed by atoms with Crippen LogP contribution in [0.5, 0.6) is 0 Å². The zero-order valence-corrected chi connectivity index (χ0v) is 8.58. The summed E-state index contributed by atoms with van der Waals surface area (Å²) in [6, 6.07) is 0.485. The van der Waals surface area contributed by atoms with Crippen LogP contribution in [0.2, 0.25) is 0 Å². The highest BCUT2D eigenvalue weighted by Crippen LogP contribution is 2.27. The maximum atomic E-state index is 9.87. The van der Waals surface area contributed by atoms with Crippen LogP contribution >= 0.6 is 0 Å². The fraction of sp³-hybridized carbons (Fsp3) is 1.00. The van der Waals surface area contributed by atoms with Crippen molar-refractivity contribution in [2.75, 3.05) is 13.1 Å². The summed E-state index contributed by atoms with van der Waals surface area (Å²) in [5, 5.41) is 9.87. The third-order valence-electron chi connectivity index (χ3n) is 3.62. The summed E-state index contributed by atoms with van der Waals surface area (Å²) < 4.78 is 0. The zero-order chi connectivity index (χ0) is 9.26. The van der Waals surface area contributed by atoms with Gasteiger partial charge in [-0.05, 0) is 31.7 Å². The maximum absolute atomic E-state index is 9.87. The van der Waals surface area contributed by atoms with Crippen molar-refractivity contribution in [2.45, 2.75) is 51.2 Å². The number of rotatable bonds is 1. The Labute approximate surface area is 80.9 Å². The molecule has 0 aromatic carbocycles. The second-order valence-electron chi connectivity index (χ2n) is 4.81. The fourth-order valence-corrected chi connectivity index (χ4v) is 2.79. The van der Waals surface area contributed by atoms with Crippen molar-refractivity contribution in [1.29, 1.82) is 0 Å². The third kappa shape index (κ3) is 2.05. The first kappa shape index (κ1) is 9.47. The molecule has 2 rings (SSSR count). The lowest BCUT2D eigenvalue weighted by Gasteiger charge is -2.35. The van der Waals surface area contributed by atoms with E-state index in [9.17, 15) is 5.11 Å². The summed E-state index contributed by atoms with van der Waals surface area (Å²) in [7, 11) is 0. The molecule has 1 aliphatic heterocycles. The molecule has 13 heavy (non-hydrogen) atoms. The fourth-order valence-electron chi connectivity index (χ4n) is 2.79. The number of hydrogen-bond donors (Lipinski definition) is 1. The molecule has 0 spiro atoms. The molecule has 1 unspecified atom stereocenters. The Hall–Kier alpha value is -0.0800. The van der Waals surface area contributed by atoms with Gasteiger partial charge in [0.25, 0.3) is 0 Å². The lowest BCUT2D eigenvalue weighted by atomic mass is 9.91. The van der Waals surface area contributed by atoms with Crippen LogP contribution in [0, 0.1) is 5.92 Å². The molecule has 0 aromatic heterocycles. The average molecular weight is 183 g/mol. The summed E-state index contributed by atoms with van der Waals surface area (Å²) in [6.07, 6.45) is 6.05. The lowest BCUT2D eigenvalue weighted by molar-refractivity contribution is 0.0297. The normalized spacial score (nSPS) is 42.5. The monoisotopic (exact) mass is 183 g/mol. The van der Waals surface area contributed by atoms with Gasteiger partial charge < -0.3 is 5.11 Å². The van der Waals surface area contributed by atoms with Gasteiger partial charge in [0, 0.05) is 12.6 Å². The van der Waals surface area contributed by atoms with Crippen LogP contribution in [0.1, 0.15) is 39.0 Å². The Morgan fingerprint density at radius 1 is 1.15 bits per heavy atom. The van der Waals surface area contributed by atoms with E-state index in [1.807, 2.05) is 0 Å². The van der Waals surface area contributed by atoms with Crippen LogP contribution in [-0.4, -0.2) is 35.2 Å². The lowest BCUT2D eigenvalue weighted by Crippen LogP contribution is -2.44. The summed E-state index contributed by atoms with van der Waals surface area (Å²) in [4.78, 5) is 2.51. The average Bonchev–Trinajstić information content (AvgIpc) is 2.53. The van der Waals surface area contributed by atoms with Gasteiger partial charge in [-0.25, -0.2) is 0 Å². The Morgan fingerprint density at radius 3 is 2.54 bits per heavy atom. The largest absolute Gasteiger partial charge is 0.391 e. The van der Waals surface area contributed by atoms with Gasteiger partial charge in [0.1, 0.15) is 0 Å². The van der Waals surface area contributed by atoms with Crippen LogP contribution in [0.15, 0.2) is 0 Å². The molecule has 2 nitrogen and oxygen atoms in total. The number of aliphatic hydroxyl groups is 1. The minimum Gasteiger partial charge on any atom is -0.391 e. The minimum absolute atomic E-state index is 0.0425. The highest BCUT2D eigenvalue weighted by molar-refractivity contribution is 4.86. The molecule has 0 amide bonds. The van der Waals surface area contributed by atoms with Gasteiger partial charge in [-0.15, -0.1) is 0 Å². The summed E-state index contributed by atoms with van der Waals surface area (Å²) in [6.45, 7) is 4.74. The van der Waals surface area contributed by atoms with E-state index in [1.165, 1.54) is 38.8 Å². The molecule has 0 radical (unpaired) electrons. The van der Waals surface area contributed by atoms with Crippen molar-refractivity contribution in [2.24, 2.45) is 5.92 Å². The van der Waals surface area contributed by atoms with Crippen molar-refractivity contribution < 1.29 is 5.11 Å². The first-order chi connectivity index (χ1) is 6.27. The van der Waals surface area contributed by atoms with Gasteiger partial charge in [-0.1, -0.05) is 19.8 Å². The van der Waals surface area contributed by atoms with Crippen molar-refractivity contribution in [1.82, 2.24) is 4.90 Å². The Balaban J connectivity index is 1.91. The molecule has 0 bridgehead atoms. The van der Waals surface area contributed by atoms with E-state index in [0.29, 0.717) is 6.04 Å². The van der Waals surface area contributed by atoms with E-state index in [4.69, 9.17) is 0 Å². The topological polar surface area (TPSA) is 23.5 Å². The molecule has 1 heterocycles. The summed E-state index contributed by atoms with van der Waals surface area (Å²) in [5.41, 5.74) is 0. The van der Waals surface area contributed by atoms with E-state index in [1.54, 1.807) is 0 Å². The van der Waals surface area contributed by atoms with Gasteiger partial charge in [0.15, 0.2) is 0 Å². The molecular weight excluding hydrogens is 162 g/mol. The first-order valence-electron chi connectivity index (χ1n) is 5.69. The molecule has 2 heteroatoms. The molecule has 3 atom stereocenters. The molecule has 1 saturated carbocycles. The Morgan fingerprint density at radius 2 is 1.92 bits per heavy atom. The quantitative estimate of drug-likeness (QED) is 0.668. The van der Waals surface area contributed by atoms with E-state index in [2.05, 4.69) is 11.8 Å². The van der Waals surface area contributed by atoms with E-state index < -0.39 is 0 Å². The van der Waals surface area contributed by atoms with Crippen LogP contribution in [0.3, 0.4) is 0 Å². The highest BCUT2D eigenvalue weighted by atomic mass is 16.3. The smallest absolute Gasteiger partial charge is 0.0695 e. The van der Waals surface area contributed by atoms with Gasteiger partial charge in [-0.3, -0.25) is 4.90 Å². The molecule has 1 saturated heterocycles. The highest BCUT2D eigenvalue weighted by Gasteiger charge is 2.32. The van der Waals surface area contributed by atoms with Crippen LogP contribution in [-0.2, 0) is 0 Å². The maximum Gasteiger partial charge on any atom is 0.0695 e. The van der Waals surface area contributed by atoms with Crippen molar-refractivity contribution in [3.63, 3.8) is 0 Å². The molecule has 2 aliphatic rings. The van der Waals surface area contributed by atoms with Gasteiger partial charge in [0.05, 0.1) is 6.10 Å². The predicted molar refractivity (Wildman–Crippen MR) is 53.6 cm³/mol. The first-order valence-corrected chi connectivity index (χ1v) is 5.69.